The van der Waals surface area contributed by atoms with E-state index in [1.54, 1.807) is 0 Å². The number of hydrogen-bond acceptors (Lipinski definition) is 5. The number of hydrogen-bond donors (Lipinski definition) is 3. The molecule has 0 aliphatic heterocycles. The quantitative estimate of drug-likeness (QED) is 0.0320. The molecule has 0 aliphatic carbocycles. The fourth-order valence-corrected chi connectivity index (χ4v) is 10.3. The van der Waals surface area contributed by atoms with E-state index in [0.29, 0.717) is 25.9 Å². The Morgan fingerprint density at radius 1 is 0.378 bits per heavy atom. The molecule has 0 rings (SSSR count). The monoisotopic (exact) mass is 1040 g/mol. The maximum absolute atomic E-state index is 12.5. The van der Waals surface area contributed by atoms with E-state index in [1.165, 1.54) is 270 Å². The summed E-state index contributed by atoms with van der Waals surface area (Å²) in [5.41, 5.74) is 0. The number of rotatable bonds is 62. The Labute approximate surface area is 462 Å². The molecular weight excluding hydrogens is 911 g/mol. The average molecular weight is 1040 g/mol. The molecule has 0 fully saturated rings. The number of aliphatic hydroxyl groups is 2. The molecule has 0 spiro atoms. The number of amides is 1. The van der Waals surface area contributed by atoms with E-state index in [2.05, 4.69) is 55.6 Å². The highest BCUT2D eigenvalue weighted by atomic mass is 16.5. The number of carbonyl (C=O) groups is 2. The molecule has 6 nitrogen and oxygen atoms in total. The van der Waals surface area contributed by atoms with Crippen molar-refractivity contribution < 1.29 is 24.5 Å². The van der Waals surface area contributed by atoms with Crippen LogP contribution < -0.4 is 5.32 Å². The third-order valence-electron chi connectivity index (χ3n) is 15.4. The summed E-state index contributed by atoms with van der Waals surface area (Å²) in [5.74, 6) is -0.0368. The Morgan fingerprint density at radius 3 is 1.04 bits per heavy atom. The molecule has 0 aromatic carbocycles. The number of unbranched alkanes of at least 4 members (excludes halogenated alkanes) is 45. The van der Waals surface area contributed by atoms with Gasteiger partial charge in [-0.3, -0.25) is 9.59 Å². The fraction of sp³-hybridized carbons (Fsp3) is 0.882. The minimum Gasteiger partial charge on any atom is -0.466 e. The minimum absolute atomic E-state index is 0.00699. The number of nitrogens with one attached hydrogen (secondary N) is 1. The number of carbonyl (C=O) groups excluding carboxylic acids is 2. The predicted molar refractivity (Wildman–Crippen MR) is 324 cm³/mol. The van der Waals surface area contributed by atoms with Crippen molar-refractivity contribution in [1.29, 1.82) is 0 Å². The summed E-state index contributed by atoms with van der Waals surface area (Å²) in [6.45, 7) is 4.96. The largest absolute Gasteiger partial charge is 0.466 e. The van der Waals surface area contributed by atoms with Crippen molar-refractivity contribution in [1.82, 2.24) is 5.32 Å². The molecule has 0 radical (unpaired) electrons. The van der Waals surface area contributed by atoms with Gasteiger partial charge in [-0.1, -0.05) is 301 Å². The number of aliphatic hydroxyl groups excluding tert-OH is 2. The molecule has 0 aromatic heterocycles. The average Bonchev–Trinajstić information content (AvgIpc) is 3.40. The Balaban J connectivity index is 3.43. The van der Waals surface area contributed by atoms with Gasteiger partial charge in [0.25, 0.3) is 0 Å². The molecule has 1 amide bonds. The molecule has 3 N–H and O–H groups in total. The molecule has 2 unspecified atom stereocenters. The normalized spacial score (nSPS) is 12.8. The first-order valence-electron chi connectivity index (χ1n) is 33.2. The van der Waals surface area contributed by atoms with E-state index in [9.17, 15) is 19.8 Å². The van der Waals surface area contributed by atoms with Crippen molar-refractivity contribution in [3.63, 3.8) is 0 Å². The van der Waals surface area contributed by atoms with Gasteiger partial charge in [-0.2, -0.15) is 0 Å². The Bertz CT molecular complexity index is 1200. The summed E-state index contributed by atoms with van der Waals surface area (Å²) in [6, 6.07) is -0.549. The maximum Gasteiger partial charge on any atom is 0.305 e. The van der Waals surface area contributed by atoms with Gasteiger partial charge in [0.2, 0.25) is 5.91 Å². The second-order valence-corrected chi connectivity index (χ2v) is 22.8. The third-order valence-corrected chi connectivity index (χ3v) is 15.4. The van der Waals surface area contributed by atoms with Crippen molar-refractivity contribution in [3.05, 3.63) is 36.5 Å². The summed E-state index contributed by atoms with van der Waals surface area (Å²) < 4.78 is 5.50. The number of esters is 1. The molecule has 6 heteroatoms. The lowest BCUT2D eigenvalue weighted by molar-refractivity contribution is -0.143. The van der Waals surface area contributed by atoms with Gasteiger partial charge in [0.05, 0.1) is 25.4 Å². The number of ether oxygens (including phenoxy) is 1. The Kier molecular flexibility index (Phi) is 62.0. The van der Waals surface area contributed by atoms with Crippen LogP contribution in [0.25, 0.3) is 0 Å². The van der Waals surface area contributed by atoms with Gasteiger partial charge in [0.1, 0.15) is 0 Å². The molecule has 0 bridgehead atoms. The Morgan fingerprint density at radius 2 is 0.676 bits per heavy atom. The highest BCUT2D eigenvalue weighted by Crippen LogP contribution is 2.18. The lowest BCUT2D eigenvalue weighted by atomic mass is 10.0. The van der Waals surface area contributed by atoms with Crippen LogP contribution in [0.3, 0.4) is 0 Å². The zero-order chi connectivity index (χ0) is 53.6. The first kappa shape index (κ1) is 72.1. The van der Waals surface area contributed by atoms with Gasteiger partial charge in [0.15, 0.2) is 0 Å². The van der Waals surface area contributed by atoms with Crippen molar-refractivity contribution in [2.75, 3.05) is 13.2 Å². The molecule has 436 valence electrons. The van der Waals surface area contributed by atoms with E-state index in [-0.39, 0.29) is 18.5 Å². The van der Waals surface area contributed by atoms with E-state index in [1.807, 2.05) is 0 Å². The smallest absolute Gasteiger partial charge is 0.305 e. The van der Waals surface area contributed by atoms with E-state index < -0.39 is 12.1 Å². The van der Waals surface area contributed by atoms with Crippen LogP contribution in [0.15, 0.2) is 36.5 Å². The lowest BCUT2D eigenvalue weighted by Gasteiger charge is -2.22. The molecule has 0 saturated heterocycles. The lowest BCUT2D eigenvalue weighted by Crippen LogP contribution is -2.45. The fourth-order valence-electron chi connectivity index (χ4n) is 10.3. The van der Waals surface area contributed by atoms with Crippen LogP contribution in [0.5, 0.6) is 0 Å². The molecule has 0 aromatic rings. The predicted octanol–water partition coefficient (Wildman–Crippen LogP) is 21.1. The van der Waals surface area contributed by atoms with Gasteiger partial charge >= 0.3 is 5.97 Å². The van der Waals surface area contributed by atoms with Gasteiger partial charge < -0.3 is 20.3 Å². The molecule has 74 heavy (non-hydrogen) atoms. The van der Waals surface area contributed by atoms with Crippen LogP contribution in [0.4, 0.5) is 0 Å². The van der Waals surface area contributed by atoms with Gasteiger partial charge in [-0.05, 0) is 83.5 Å². The SMILES string of the molecule is CCCCCCCC/C=C\CCCCCCCCCCCC(=O)OCCCCCCCCCCC/C=C\C/C=C\CCCCCCCCCC(=O)NC(CO)C(O)CCCCCCCCCCCCCCCCC. The summed E-state index contributed by atoms with van der Waals surface area (Å²) in [6.07, 6.45) is 80.2. The van der Waals surface area contributed by atoms with Crippen molar-refractivity contribution in [3.8, 4) is 0 Å². The second kappa shape index (κ2) is 63.6. The van der Waals surface area contributed by atoms with Crippen LogP contribution in [0.2, 0.25) is 0 Å². The summed E-state index contributed by atoms with van der Waals surface area (Å²) in [4.78, 5) is 24.6. The minimum atomic E-state index is -0.671. The van der Waals surface area contributed by atoms with Crippen LogP contribution in [-0.4, -0.2) is 47.4 Å². The standard InChI is InChI=1S/C68H129NO5/c1-3-5-7-9-11-13-15-17-19-20-26-30-34-38-42-46-50-54-58-62-68(73)74-63-59-55-51-47-43-39-35-31-28-25-23-21-22-24-27-29-33-37-41-45-49-53-57-61-67(72)69-65(64-70)66(71)60-56-52-48-44-40-36-32-18-16-14-12-10-8-6-4-2/h17,19,21,23-24,27,65-66,70-71H,3-16,18,20,22,25-26,28-64H2,1-2H3,(H,69,72)/b19-17-,23-21-,27-24-. The van der Waals surface area contributed by atoms with Crippen LogP contribution >= 0.6 is 0 Å². The first-order chi connectivity index (χ1) is 36.5. The zero-order valence-corrected chi connectivity index (χ0v) is 49.8. The summed E-state index contributed by atoms with van der Waals surface area (Å²) >= 11 is 0. The summed E-state index contributed by atoms with van der Waals surface area (Å²) in [7, 11) is 0. The first-order valence-corrected chi connectivity index (χ1v) is 33.2. The van der Waals surface area contributed by atoms with E-state index >= 15 is 0 Å². The third kappa shape index (κ3) is 59.3. The van der Waals surface area contributed by atoms with E-state index in [0.717, 1.165) is 57.8 Å². The molecule has 0 saturated carbocycles. The molecule has 0 aliphatic rings. The highest BCUT2D eigenvalue weighted by molar-refractivity contribution is 5.76. The summed E-state index contributed by atoms with van der Waals surface area (Å²) in [5, 5.41) is 23.3. The van der Waals surface area contributed by atoms with Crippen LogP contribution in [0, 0.1) is 0 Å². The van der Waals surface area contributed by atoms with Crippen molar-refractivity contribution in [2.45, 2.75) is 373 Å². The van der Waals surface area contributed by atoms with Gasteiger partial charge in [-0.15, -0.1) is 0 Å². The highest BCUT2D eigenvalue weighted by Gasteiger charge is 2.20. The maximum atomic E-state index is 12.5. The van der Waals surface area contributed by atoms with Crippen LogP contribution in [0.1, 0.15) is 361 Å². The van der Waals surface area contributed by atoms with Crippen LogP contribution in [-0.2, 0) is 14.3 Å². The Hall–Kier alpha value is -1.92. The van der Waals surface area contributed by atoms with Crippen molar-refractivity contribution in [2.24, 2.45) is 0 Å². The number of allylic oxidation sites excluding steroid dienone is 6. The molecule has 0 heterocycles. The van der Waals surface area contributed by atoms with Gasteiger partial charge in [-0.25, -0.2) is 0 Å². The van der Waals surface area contributed by atoms with Gasteiger partial charge in [0, 0.05) is 12.8 Å². The van der Waals surface area contributed by atoms with E-state index in [4.69, 9.17) is 4.74 Å². The molecule has 2 atom stereocenters. The molecular formula is C68H129NO5. The topological polar surface area (TPSA) is 95.9 Å². The second-order valence-electron chi connectivity index (χ2n) is 22.8. The zero-order valence-electron chi connectivity index (χ0n) is 49.8. The van der Waals surface area contributed by atoms with Crippen molar-refractivity contribution >= 4 is 11.9 Å².